The number of ether oxygens (including phenoxy) is 1. The number of anilines is 1. The van der Waals surface area contributed by atoms with Crippen molar-refractivity contribution in [1.82, 2.24) is 15.3 Å². The Morgan fingerprint density at radius 3 is 3.11 bits per heavy atom. The number of piperidine rings is 1. The van der Waals surface area contributed by atoms with Gasteiger partial charge in [0.15, 0.2) is 0 Å². The SMILES string of the molecule is CCCOc1cc(C)nc(NC2CCCNC2)n1. The van der Waals surface area contributed by atoms with Crippen molar-refractivity contribution in [3.05, 3.63) is 11.8 Å². The van der Waals surface area contributed by atoms with Gasteiger partial charge < -0.3 is 15.4 Å². The summed E-state index contributed by atoms with van der Waals surface area (Å²) >= 11 is 0. The molecule has 100 valence electrons. The molecule has 1 saturated heterocycles. The molecule has 2 heterocycles. The highest BCUT2D eigenvalue weighted by molar-refractivity contribution is 5.32. The molecule has 1 aliphatic heterocycles. The van der Waals surface area contributed by atoms with Crippen molar-refractivity contribution in [2.45, 2.75) is 39.2 Å². The summed E-state index contributed by atoms with van der Waals surface area (Å²) in [6, 6.07) is 2.29. The maximum atomic E-state index is 5.56. The number of hydrogen-bond donors (Lipinski definition) is 2. The molecular formula is C13H22N4O. The summed E-state index contributed by atoms with van der Waals surface area (Å²) < 4.78 is 5.56. The van der Waals surface area contributed by atoms with Crippen LogP contribution in [0.4, 0.5) is 5.95 Å². The minimum absolute atomic E-state index is 0.416. The molecule has 0 saturated carbocycles. The molecule has 0 amide bonds. The maximum Gasteiger partial charge on any atom is 0.226 e. The van der Waals surface area contributed by atoms with Crippen LogP contribution in [-0.4, -0.2) is 35.7 Å². The van der Waals surface area contributed by atoms with Crippen molar-refractivity contribution in [3.63, 3.8) is 0 Å². The second-order valence-electron chi connectivity index (χ2n) is 4.71. The van der Waals surface area contributed by atoms with E-state index in [0.29, 0.717) is 24.5 Å². The molecule has 0 radical (unpaired) electrons. The average molecular weight is 250 g/mol. The zero-order valence-corrected chi connectivity index (χ0v) is 11.2. The smallest absolute Gasteiger partial charge is 0.226 e. The molecule has 0 bridgehead atoms. The molecule has 2 N–H and O–H groups in total. The number of nitrogens with zero attached hydrogens (tertiary/aromatic N) is 2. The summed E-state index contributed by atoms with van der Waals surface area (Å²) in [4.78, 5) is 8.80. The Morgan fingerprint density at radius 1 is 1.50 bits per heavy atom. The van der Waals surface area contributed by atoms with E-state index in [-0.39, 0.29) is 0 Å². The largest absolute Gasteiger partial charge is 0.478 e. The van der Waals surface area contributed by atoms with Gasteiger partial charge in [-0.2, -0.15) is 4.98 Å². The second-order valence-corrected chi connectivity index (χ2v) is 4.71. The molecule has 1 unspecified atom stereocenters. The zero-order valence-electron chi connectivity index (χ0n) is 11.2. The van der Waals surface area contributed by atoms with Crippen LogP contribution in [0.25, 0.3) is 0 Å². The topological polar surface area (TPSA) is 59.1 Å². The Kier molecular flexibility index (Phi) is 4.75. The quantitative estimate of drug-likeness (QED) is 0.833. The number of aryl methyl sites for hydroxylation is 1. The van der Waals surface area contributed by atoms with E-state index in [1.807, 2.05) is 13.0 Å². The molecule has 1 atom stereocenters. The Labute approximate surface area is 108 Å². The van der Waals surface area contributed by atoms with Crippen LogP contribution >= 0.6 is 0 Å². The van der Waals surface area contributed by atoms with E-state index in [4.69, 9.17) is 4.74 Å². The van der Waals surface area contributed by atoms with Crippen molar-refractivity contribution in [1.29, 1.82) is 0 Å². The Morgan fingerprint density at radius 2 is 2.39 bits per heavy atom. The summed E-state index contributed by atoms with van der Waals surface area (Å²) in [5.74, 6) is 1.34. The normalized spacial score (nSPS) is 19.6. The van der Waals surface area contributed by atoms with Crippen LogP contribution < -0.4 is 15.4 Å². The fourth-order valence-corrected chi connectivity index (χ4v) is 2.04. The predicted octanol–water partition coefficient (Wildman–Crippen LogP) is 1.74. The summed E-state index contributed by atoms with van der Waals surface area (Å²) in [7, 11) is 0. The van der Waals surface area contributed by atoms with Crippen LogP contribution in [0.3, 0.4) is 0 Å². The van der Waals surface area contributed by atoms with Gasteiger partial charge in [-0.25, -0.2) is 4.98 Å². The Balaban J connectivity index is 1.99. The molecule has 5 nitrogen and oxygen atoms in total. The maximum absolute atomic E-state index is 5.56. The van der Waals surface area contributed by atoms with E-state index in [9.17, 15) is 0 Å². The molecule has 2 rings (SSSR count). The summed E-state index contributed by atoms with van der Waals surface area (Å²) in [6.07, 6.45) is 3.34. The van der Waals surface area contributed by atoms with E-state index in [1.165, 1.54) is 6.42 Å². The first-order chi connectivity index (χ1) is 8.78. The van der Waals surface area contributed by atoms with Crippen LogP contribution in [0.15, 0.2) is 6.07 Å². The third-order valence-corrected chi connectivity index (χ3v) is 2.91. The lowest BCUT2D eigenvalue weighted by atomic mass is 10.1. The number of rotatable bonds is 5. The van der Waals surface area contributed by atoms with Gasteiger partial charge in [-0.15, -0.1) is 0 Å². The van der Waals surface area contributed by atoms with Gasteiger partial charge in [0, 0.05) is 24.3 Å². The highest BCUT2D eigenvalue weighted by Crippen LogP contribution is 2.14. The lowest BCUT2D eigenvalue weighted by Gasteiger charge is -2.23. The number of hydrogen-bond acceptors (Lipinski definition) is 5. The number of aromatic nitrogens is 2. The van der Waals surface area contributed by atoms with Crippen molar-refractivity contribution in [2.24, 2.45) is 0 Å². The number of nitrogens with one attached hydrogen (secondary N) is 2. The standard InChI is InChI=1S/C13H22N4O/c1-3-7-18-12-8-10(2)15-13(17-12)16-11-5-4-6-14-9-11/h8,11,14H,3-7,9H2,1-2H3,(H,15,16,17). The monoisotopic (exact) mass is 250 g/mol. The lowest BCUT2D eigenvalue weighted by Crippen LogP contribution is -2.38. The summed E-state index contributed by atoms with van der Waals surface area (Å²) in [5.41, 5.74) is 0.933. The van der Waals surface area contributed by atoms with Crippen LogP contribution in [0.1, 0.15) is 31.9 Å². The predicted molar refractivity (Wildman–Crippen MR) is 72.1 cm³/mol. The fourth-order valence-electron chi connectivity index (χ4n) is 2.04. The van der Waals surface area contributed by atoms with Crippen molar-refractivity contribution in [2.75, 3.05) is 25.0 Å². The van der Waals surface area contributed by atoms with Crippen molar-refractivity contribution in [3.8, 4) is 5.88 Å². The molecular weight excluding hydrogens is 228 g/mol. The van der Waals surface area contributed by atoms with E-state index in [0.717, 1.165) is 31.6 Å². The van der Waals surface area contributed by atoms with Gasteiger partial charge >= 0.3 is 0 Å². The Bertz CT molecular complexity index is 377. The fraction of sp³-hybridized carbons (Fsp3) is 0.692. The summed E-state index contributed by atoms with van der Waals surface area (Å²) in [5, 5.41) is 6.74. The van der Waals surface area contributed by atoms with Crippen LogP contribution in [0.5, 0.6) is 5.88 Å². The average Bonchev–Trinajstić information content (AvgIpc) is 2.37. The van der Waals surface area contributed by atoms with E-state index < -0.39 is 0 Å². The molecule has 1 aromatic heterocycles. The molecule has 1 aromatic rings. The highest BCUT2D eigenvalue weighted by Gasteiger charge is 2.14. The molecule has 0 aliphatic carbocycles. The third-order valence-electron chi connectivity index (χ3n) is 2.91. The van der Waals surface area contributed by atoms with Gasteiger partial charge in [-0.1, -0.05) is 6.92 Å². The van der Waals surface area contributed by atoms with Gasteiger partial charge in [-0.3, -0.25) is 0 Å². The third kappa shape index (κ3) is 3.84. The van der Waals surface area contributed by atoms with Gasteiger partial charge in [-0.05, 0) is 32.7 Å². The minimum atomic E-state index is 0.416. The molecule has 0 aromatic carbocycles. The lowest BCUT2D eigenvalue weighted by molar-refractivity contribution is 0.304. The Hall–Kier alpha value is -1.36. The van der Waals surface area contributed by atoms with Crippen molar-refractivity contribution >= 4 is 5.95 Å². The first kappa shape index (κ1) is 13.1. The van der Waals surface area contributed by atoms with Gasteiger partial charge in [0.2, 0.25) is 11.8 Å². The van der Waals surface area contributed by atoms with Gasteiger partial charge in [0.1, 0.15) is 0 Å². The summed E-state index contributed by atoms with van der Waals surface area (Å²) in [6.45, 7) is 6.83. The first-order valence-electron chi connectivity index (χ1n) is 6.73. The highest BCUT2D eigenvalue weighted by atomic mass is 16.5. The molecule has 0 spiro atoms. The van der Waals surface area contributed by atoms with Crippen LogP contribution in [0.2, 0.25) is 0 Å². The minimum Gasteiger partial charge on any atom is -0.478 e. The zero-order chi connectivity index (χ0) is 12.8. The van der Waals surface area contributed by atoms with E-state index in [1.54, 1.807) is 0 Å². The van der Waals surface area contributed by atoms with Gasteiger partial charge in [0.25, 0.3) is 0 Å². The first-order valence-corrected chi connectivity index (χ1v) is 6.73. The van der Waals surface area contributed by atoms with Crippen molar-refractivity contribution < 1.29 is 4.74 Å². The van der Waals surface area contributed by atoms with Crippen LogP contribution in [0, 0.1) is 6.92 Å². The van der Waals surface area contributed by atoms with E-state index >= 15 is 0 Å². The second kappa shape index (κ2) is 6.54. The van der Waals surface area contributed by atoms with Gasteiger partial charge in [0.05, 0.1) is 6.61 Å². The molecule has 1 fully saturated rings. The van der Waals surface area contributed by atoms with E-state index in [2.05, 4.69) is 27.5 Å². The molecule has 5 heteroatoms. The molecule has 18 heavy (non-hydrogen) atoms. The van der Waals surface area contributed by atoms with Crippen LogP contribution in [-0.2, 0) is 0 Å². The molecule has 1 aliphatic rings.